The number of nitrogens with two attached hydrogens (primary N) is 1. The third kappa shape index (κ3) is 5.26. The third-order valence-electron chi connectivity index (χ3n) is 5.47. The predicted molar refractivity (Wildman–Crippen MR) is 86.9 cm³/mol. The van der Waals surface area contributed by atoms with Crippen LogP contribution in [-0.4, -0.2) is 31.6 Å². The highest BCUT2D eigenvalue weighted by atomic mass is 16.1. The highest BCUT2D eigenvalue weighted by Crippen LogP contribution is 2.27. The van der Waals surface area contributed by atoms with E-state index < -0.39 is 0 Å². The van der Waals surface area contributed by atoms with Crippen LogP contribution in [0.25, 0.3) is 0 Å². The molecule has 3 unspecified atom stereocenters. The number of hydrogen-bond acceptors (Lipinski definition) is 3. The average Bonchev–Trinajstić information content (AvgIpc) is 2.54. The van der Waals surface area contributed by atoms with E-state index in [1.54, 1.807) is 0 Å². The lowest BCUT2D eigenvalue weighted by Crippen LogP contribution is -2.46. The van der Waals surface area contributed by atoms with Gasteiger partial charge >= 0.3 is 0 Å². The number of piperidine rings is 1. The van der Waals surface area contributed by atoms with E-state index in [0.717, 1.165) is 13.1 Å². The number of rotatable bonds is 6. The summed E-state index contributed by atoms with van der Waals surface area (Å²) in [6.07, 6.45) is 9.52. The Kier molecular flexibility index (Phi) is 6.97. The van der Waals surface area contributed by atoms with E-state index in [-0.39, 0.29) is 11.9 Å². The molecule has 1 heterocycles. The van der Waals surface area contributed by atoms with Crippen molar-refractivity contribution >= 4 is 5.91 Å². The maximum absolute atomic E-state index is 12.3. The van der Waals surface area contributed by atoms with Gasteiger partial charge in [0.1, 0.15) is 0 Å². The van der Waals surface area contributed by atoms with Crippen LogP contribution in [0.15, 0.2) is 0 Å². The Morgan fingerprint density at radius 1 is 1.19 bits per heavy atom. The molecule has 3 atom stereocenters. The number of carbonyl (C=O) groups is 1. The molecule has 2 rings (SSSR count). The van der Waals surface area contributed by atoms with E-state index in [2.05, 4.69) is 17.6 Å². The molecule has 21 heavy (non-hydrogen) atoms. The van der Waals surface area contributed by atoms with Crippen molar-refractivity contribution in [1.29, 1.82) is 0 Å². The molecule has 0 radical (unpaired) electrons. The summed E-state index contributed by atoms with van der Waals surface area (Å²) in [7, 11) is 0. The Morgan fingerprint density at radius 3 is 2.52 bits per heavy atom. The van der Waals surface area contributed by atoms with Crippen molar-refractivity contribution in [1.82, 2.24) is 10.6 Å². The van der Waals surface area contributed by atoms with Crippen molar-refractivity contribution < 1.29 is 4.79 Å². The molecule has 0 aromatic heterocycles. The minimum absolute atomic E-state index is 0.189. The first-order valence-electron chi connectivity index (χ1n) is 8.91. The fourth-order valence-corrected chi connectivity index (χ4v) is 4.00. The Hall–Kier alpha value is -0.610. The smallest absolute Gasteiger partial charge is 0.220 e. The average molecular weight is 295 g/mol. The first kappa shape index (κ1) is 16.8. The molecule has 0 spiro atoms. The normalized spacial score (nSPS) is 27.0. The molecule has 4 N–H and O–H groups in total. The fraction of sp³-hybridized carbons (Fsp3) is 0.941. The van der Waals surface area contributed by atoms with Crippen molar-refractivity contribution in [2.75, 3.05) is 19.6 Å². The first-order chi connectivity index (χ1) is 10.2. The van der Waals surface area contributed by atoms with Gasteiger partial charge in [-0.25, -0.2) is 0 Å². The summed E-state index contributed by atoms with van der Waals surface area (Å²) < 4.78 is 0. The van der Waals surface area contributed by atoms with Gasteiger partial charge in [-0.1, -0.05) is 26.2 Å². The second-order valence-electron chi connectivity index (χ2n) is 7.10. The third-order valence-corrected chi connectivity index (χ3v) is 5.47. The van der Waals surface area contributed by atoms with E-state index in [4.69, 9.17) is 5.73 Å². The number of carbonyl (C=O) groups excluding carboxylic acids is 1. The van der Waals surface area contributed by atoms with Crippen LogP contribution in [-0.2, 0) is 4.79 Å². The molecule has 1 saturated heterocycles. The van der Waals surface area contributed by atoms with Crippen LogP contribution in [0.1, 0.15) is 58.3 Å². The summed E-state index contributed by atoms with van der Waals surface area (Å²) in [5.41, 5.74) is 5.90. The Balaban J connectivity index is 1.75. The number of nitrogens with one attached hydrogen (secondary N) is 2. The zero-order valence-electron chi connectivity index (χ0n) is 13.6. The van der Waals surface area contributed by atoms with E-state index >= 15 is 0 Å². The molecule has 1 saturated carbocycles. The molecular weight excluding hydrogens is 262 g/mol. The van der Waals surface area contributed by atoms with Gasteiger partial charge in [-0.2, -0.15) is 0 Å². The molecule has 1 amide bonds. The van der Waals surface area contributed by atoms with Gasteiger partial charge in [0, 0.05) is 19.0 Å². The van der Waals surface area contributed by atoms with Gasteiger partial charge in [0.2, 0.25) is 5.91 Å². The monoisotopic (exact) mass is 295 g/mol. The Bertz CT molecular complexity index is 309. The largest absolute Gasteiger partial charge is 0.352 e. The van der Waals surface area contributed by atoms with Crippen molar-refractivity contribution in [3.05, 3.63) is 0 Å². The SMILES string of the molecule is CC(CC(=O)NC(CN)C1CCCCC1)C1CCCNC1. The molecule has 0 aromatic rings. The van der Waals surface area contributed by atoms with Gasteiger partial charge in [0.25, 0.3) is 0 Å². The van der Waals surface area contributed by atoms with E-state index in [9.17, 15) is 4.79 Å². The maximum atomic E-state index is 12.3. The molecule has 4 nitrogen and oxygen atoms in total. The molecular formula is C17H33N3O. The van der Waals surface area contributed by atoms with Crippen molar-refractivity contribution in [2.45, 2.75) is 64.3 Å². The number of amides is 1. The predicted octanol–water partition coefficient (Wildman–Crippen LogP) is 2.04. The highest BCUT2D eigenvalue weighted by molar-refractivity contribution is 5.76. The molecule has 1 aliphatic carbocycles. The van der Waals surface area contributed by atoms with E-state index in [1.165, 1.54) is 44.9 Å². The van der Waals surface area contributed by atoms with Gasteiger partial charge in [-0.3, -0.25) is 4.79 Å². The second kappa shape index (κ2) is 8.74. The lowest BCUT2D eigenvalue weighted by molar-refractivity contribution is -0.123. The molecule has 0 aromatic carbocycles. The van der Waals surface area contributed by atoms with Gasteiger partial charge in [0.15, 0.2) is 0 Å². The van der Waals surface area contributed by atoms with Crippen LogP contribution in [0.3, 0.4) is 0 Å². The van der Waals surface area contributed by atoms with E-state index in [0.29, 0.717) is 30.7 Å². The minimum Gasteiger partial charge on any atom is -0.352 e. The lowest BCUT2D eigenvalue weighted by atomic mass is 9.83. The summed E-state index contributed by atoms with van der Waals surface area (Å²) in [5.74, 6) is 1.91. The standard InChI is InChI=1S/C17H33N3O/c1-13(15-8-5-9-19-12-15)10-17(21)20-16(11-18)14-6-3-2-4-7-14/h13-16,19H,2-12,18H2,1H3,(H,20,21). The maximum Gasteiger partial charge on any atom is 0.220 e. The Morgan fingerprint density at radius 2 is 1.90 bits per heavy atom. The van der Waals surface area contributed by atoms with Crippen LogP contribution < -0.4 is 16.4 Å². The number of hydrogen-bond donors (Lipinski definition) is 3. The fourth-order valence-electron chi connectivity index (χ4n) is 4.00. The molecule has 2 aliphatic rings. The molecule has 2 fully saturated rings. The summed E-state index contributed by atoms with van der Waals surface area (Å²) in [6, 6.07) is 0.189. The van der Waals surface area contributed by atoms with E-state index in [1.807, 2.05) is 0 Å². The van der Waals surface area contributed by atoms with Crippen LogP contribution >= 0.6 is 0 Å². The van der Waals surface area contributed by atoms with Gasteiger partial charge in [0.05, 0.1) is 0 Å². The summed E-state index contributed by atoms with van der Waals surface area (Å²) in [4.78, 5) is 12.3. The zero-order chi connectivity index (χ0) is 15.1. The molecule has 1 aliphatic heterocycles. The van der Waals surface area contributed by atoms with Crippen LogP contribution in [0.2, 0.25) is 0 Å². The second-order valence-corrected chi connectivity index (χ2v) is 7.10. The quantitative estimate of drug-likeness (QED) is 0.702. The van der Waals surface area contributed by atoms with Crippen molar-refractivity contribution in [3.8, 4) is 0 Å². The van der Waals surface area contributed by atoms with Crippen LogP contribution in [0.4, 0.5) is 0 Å². The topological polar surface area (TPSA) is 67.2 Å². The van der Waals surface area contributed by atoms with Gasteiger partial charge in [-0.05, 0) is 56.5 Å². The summed E-state index contributed by atoms with van der Waals surface area (Å²) >= 11 is 0. The Labute approximate surface area is 129 Å². The van der Waals surface area contributed by atoms with Crippen molar-refractivity contribution in [2.24, 2.45) is 23.5 Å². The van der Waals surface area contributed by atoms with Gasteiger partial charge in [-0.15, -0.1) is 0 Å². The summed E-state index contributed by atoms with van der Waals surface area (Å²) in [5, 5.41) is 6.66. The van der Waals surface area contributed by atoms with Crippen LogP contribution in [0, 0.1) is 17.8 Å². The summed E-state index contributed by atoms with van der Waals surface area (Å²) in [6.45, 7) is 4.99. The van der Waals surface area contributed by atoms with Crippen LogP contribution in [0.5, 0.6) is 0 Å². The van der Waals surface area contributed by atoms with Crippen molar-refractivity contribution in [3.63, 3.8) is 0 Å². The minimum atomic E-state index is 0.189. The van der Waals surface area contributed by atoms with Gasteiger partial charge < -0.3 is 16.4 Å². The molecule has 122 valence electrons. The highest BCUT2D eigenvalue weighted by Gasteiger charge is 2.26. The first-order valence-corrected chi connectivity index (χ1v) is 8.91. The molecule has 0 bridgehead atoms. The molecule has 4 heteroatoms. The zero-order valence-corrected chi connectivity index (χ0v) is 13.6. The lowest BCUT2D eigenvalue weighted by Gasteiger charge is -2.31.